The van der Waals surface area contributed by atoms with E-state index >= 15 is 0 Å². The van der Waals surface area contributed by atoms with Gasteiger partial charge in [-0.2, -0.15) is 0 Å². The molecule has 30 heavy (non-hydrogen) atoms. The minimum Gasteiger partial charge on any atom is -0.355 e. The monoisotopic (exact) mass is 399 g/mol. The Morgan fingerprint density at radius 2 is 1.50 bits per heavy atom. The Kier molecular flexibility index (Phi) is 5.47. The Hall–Kier alpha value is -4.46. The van der Waals surface area contributed by atoms with Crippen molar-refractivity contribution < 1.29 is 14.1 Å². The molecule has 2 heterocycles. The van der Waals surface area contributed by atoms with Crippen molar-refractivity contribution in [2.24, 2.45) is 0 Å². The molecular weight excluding hydrogens is 382 g/mol. The van der Waals surface area contributed by atoms with E-state index in [0.717, 1.165) is 5.56 Å². The molecule has 8 nitrogen and oxygen atoms in total. The Balaban J connectivity index is 1.40. The van der Waals surface area contributed by atoms with E-state index in [1.54, 1.807) is 60.9 Å². The van der Waals surface area contributed by atoms with Crippen LogP contribution in [0.1, 0.15) is 10.5 Å². The molecule has 0 saturated carbocycles. The van der Waals surface area contributed by atoms with Crippen LogP contribution in [-0.4, -0.2) is 22.1 Å². The van der Waals surface area contributed by atoms with Gasteiger partial charge < -0.3 is 20.5 Å². The number of para-hydroxylation sites is 1. The molecule has 0 atom stereocenters. The molecule has 0 saturated heterocycles. The first-order chi connectivity index (χ1) is 14.7. The molecule has 148 valence electrons. The van der Waals surface area contributed by atoms with Crippen LogP contribution in [0.4, 0.5) is 21.9 Å². The van der Waals surface area contributed by atoms with Crippen molar-refractivity contribution >= 4 is 29.0 Å². The Morgan fingerprint density at radius 1 is 0.767 bits per heavy atom. The number of carbonyl (C=O) groups is 2. The summed E-state index contributed by atoms with van der Waals surface area (Å²) in [5.74, 6) is 0.0148. The maximum absolute atomic E-state index is 12.5. The number of anilines is 3. The topological polar surface area (TPSA) is 109 Å². The fraction of sp³-hybridized carbons (Fsp3) is 0. The van der Waals surface area contributed by atoms with E-state index in [4.69, 9.17) is 4.52 Å². The summed E-state index contributed by atoms with van der Waals surface area (Å²) in [7, 11) is 0. The Labute approximate surface area is 171 Å². The summed E-state index contributed by atoms with van der Waals surface area (Å²) in [6.07, 6.45) is 3.27. The number of nitrogens with zero attached hydrogens (tertiary/aromatic N) is 2. The van der Waals surface area contributed by atoms with Crippen molar-refractivity contribution in [3.63, 3.8) is 0 Å². The number of aromatic nitrogens is 2. The van der Waals surface area contributed by atoms with Crippen LogP contribution in [0.5, 0.6) is 0 Å². The van der Waals surface area contributed by atoms with E-state index in [2.05, 4.69) is 26.1 Å². The van der Waals surface area contributed by atoms with Crippen molar-refractivity contribution in [2.75, 3.05) is 16.0 Å². The fourth-order valence-electron chi connectivity index (χ4n) is 2.71. The largest absolute Gasteiger partial charge is 0.355 e. The van der Waals surface area contributed by atoms with E-state index < -0.39 is 5.91 Å². The molecule has 0 aliphatic carbocycles. The van der Waals surface area contributed by atoms with Gasteiger partial charge in [0.2, 0.25) is 0 Å². The van der Waals surface area contributed by atoms with E-state index in [0.29, 0.717) is 22.8 Å². The molecule has 0 aliphatic heterocycles. The summed E-state index contributed by atoms with van der Waals surface area (Å²) in [6, 6.07) is 20.6. The molecule has 8 heteroatoms. The van der Waals surface area contributed by atoms with Crippen molar-refractivity contribution in [1.29, 1.82) is 0 Å². The van der Waals surface area contributed by atoms with Crippen LogP contribution in [-0.2, 0) is 0 Å². The van der Waals surface area contributed by atoms with Gasteiger partial charge in [-0.15, -0.1) is 0 Å². The molecule has 0 spiro atoms. The lowest BCUT2D eigenvalue weighted by molar-refractivity contribution is 0.101. The highest BCUT2D eigenvalue weighted by atomic mass is 16.5. The van der Waals surface area contributed by atoms with Crippen molar-refractivity contribution in [3.8, 4) is 11.3 Å². The number of benzene rings is 2. The second kappa shape index (κ2) is 8.70. The van der Waals surface area contributed by atoms with E-state index in [1.165, 1.54) is 0 Å². The number of nitrogens with one attached hydrogen (secondary N) is 3. The summed E-state index contributed by atoms with van der Waals surface area (Å²) >= 11 is 0. The van der Waals surface area contributed by atoms with Gasteiger partial charge in [0.1, 0.15) is 0 Å². The third-order valence-corrected chi connectivity index (χ3v) is 4.10. The van der Waals surface area contributed by atoms with Crippen LogP contribution >= 0.6 is 0 Å². The van der Waals surface area contributed by atoms with Gasteiger partial charge in [-0.25, -0.2) is 4.79 Å². The minimum absolute atomic E-state index is 0.133. The first-order valence-electron chi connectivity index (χ1n) is 9.09. The lowest BCUT2D eigenvalue weighted by Gasteiger charge is -2.09. The number of carbonyl (C=O) groups excluding carboxylic acids is 2. The standard InChI is InChI=1S/C22H17N5O3/c28-21(19-13-20(30-27-19)15-6-5-11-23-14-15)24-17-9-4-10-18(12-17)26-22(29)25-16-7-2-1-3-8-16/h1-14H,(H,24,28)(H2,25,26,29). The molecule has 3 amide bonds. The highest BCUT2D eigenvalue weighted by molar-refractivity contribution is 6.04. The van der Waals surface area contributed by atoms with Gasteiger partial charge in [0, 0.05) is 41.1 Å². The Bertz CT molecular complexity index is 1160. The molecule has 0 aliphatic rings. The van der Waals surface area contributed by atoms with Gasteiger partial charge in [-0.1, -0.05) is 29.4 Å². The molecule has 2 aromatic heterocycles. The normalized spacial score (nSPS) is 10.3. The van der Waals surface area contributed by atoms with E-state index in [9.17, 15) is 9.59 Å². The predicted molar refractivity (Wildman–Crippen MR) is 113 cm³/mol. The number of hydrogen-bond acceptors (Lipinski definition) is 5. The smallest absolute Gasteiger partial charge is 0.323 e. The fourth-order valence-corrected chi connectivity index (χ4v) is 2.71. The maximum Gasteiger partial charge on any atom is 0.323 e. The predicted octanol–water partition coefficient (Wildman–Crippen LogP) is 4.63. The number of hydrogen-bond donors (Lipinski definition) is 3. The van der Waals surface area contributed by atoms with Gasteiger partial charge in [0.25, 0.3) is 5.91 Å². The van der Waals surface area contributed by atoms with Crippen LogP contribution < -0.4 is 16.0 Å². The van der Waals surface area contributed by atoms with Crippen LogP contribution in [0.15, 0.2) is 89.7 Å². The zero-order valence-electron chi connectivity index (χ0n) is 15.7. The molecule has 2 aromatic carbocycles. The average molecular weight is 399 g/mol. The van der Waals surface area contributed by atoms with Crippen LogP contribution in [0.3, 0.4) is 0 Å². The van der Waals surface area contributed by atoms with Crippen LogP contribution in [0.25, 0.3) is 11.3 Å². The van der Waals surface area contributed by atoms with Gasteiger partial charge in [0.05, 0.1) is 0 Å². The van der Waals surface area contributed by atoms with Crippen LogP contribution in [0.2, 0.25) is 0 Å². The molecule has 0 unspecified atom stereocenters. The zero-order valence-corrected chi connectivity index (χ0v) is 15.7. The summed E-state index contributed by atoms with van der Waals surface area (Å²) < 4.78 is 5.23. The van der Waals surface area contributed by atoms with Gasteiger partial charge in [-0.3, -0.25) is 9.78 Å². The quantitative estimate of drug-likeness (QED) is 0.453. The molecule has 0 bridgehead atoms. The number of rotatable bonds is 5. The van der Waals surface area contributed by atoms with Crippen LogP contribution in [0, 0.1) is 0 Å². The minimum atomic E-state index is -0.431. The second-order valence-corrected chi connectivity index (χ2v) is 6.30. The highest BCUT2D eigenvalue weighted by Crippen LogP contribution is 2.20. The van der Waals surface area contributed by atoms with E-state index in [-0.39, 0.29) is 11.7 Å². The average Bonchev–Trinajstić information content (AvgIpc) is 3.26. The van der Waals surface area contributed by atoms with Crippen molar-refractivity contribution in [1.82, 2.24) is 10.1 Å². The maximum atomic E-state index is 12.5. The third-order valence-electron chi connectivity index (χ3n) is 4.10. The summed E-state index contributed by atoms with van der Waals surface area (Å²) in [6.45, 7) is 0. The second-order valence-electron chi connectivity index (χ2n) is 6.30. The molecule has 0 radical (unpaired) electrons. The Morgan fingerprint density at radius 3 is 2.27 bits per heavy atom. The lowest BCUT2D eigenvalue weighted by atomic mass is 10.2. The van der Waals surface area contributed by atoms with E-state index in [1.807, 2.05) is 24.3 Å². The number of amides is 3. The molecule has 4 aromatic rings. The highest BCUT2D eigenvalue weighted by Gasteiger charge is 2.14. The number of urea groups is 1. The van der Waals surface area contributed by atoms with Crippen molar-refractivity contribution in [3.05, 3.63) is 90.9 Å². The van der Waals surface area contributed by atoms with Gasteiger partial charge in [0.15, 0.2) is 11.5 Å². The molecule has 4 rings (SSSR count). The lowest BCUT2D eigenvalue weighted by Crippen LogP contribution is -2.19. The SMILES string of the molecule is O=C(Nc1ccccc1)Nc1cccc(NC(=O)c2cc(-c3cccnc3)on2)c1. The number of pyridine rings is 1. The first-order valence-corrected chi connectivity index (χ1v) is 9.09. The summed E-state index contributed by atoms with van der Waals surface area (Å²) in [5.41, 5.74) is 2.56. The van der Waals surface area contributed by atoms with Crippen molar-refractivity contribution in [2.45, 2.75) is 0 Å². The summed E-state index contributed by atoms with van der Waals surface area (Å²) in [4.78, 5) is 28.6. The van der Waals surface area contributed by atoms with Gasteiger partial charge in [-0.05, 0) is 42.5 Å². The molecule has 3 N–H and O–H groups in total. The van der Waals surface area contributed by atoms with Gasteiger partial charge >= 0.3 is 6.03 Å². The zero-order chi connectivity index (χ0) is 20.8. The first kappa shape index (κ1) is 18.9. The molecular formula is C22H17N5O3. The molecule has 0 fully saturated rings. The summed E-state index contributed by atoms with van der Waals surface area (Å²) in [5, 5.41) is 12.0. The third kappa shape index (κ3) is 4.68.